The lowest BCUT2D eigenvalue weighted by atomic mass is 10.1. The van der Waals surface area contributed by atoms with E-state index in [-0.39, 0.29) is 11.3 Å². The number of halogens is 3. The molecule has 100 valence electrons. The number of nitrogens with zero attached hydrogens (tertiary/aromatic N) is 2. The second kappa shape index (κ2) is 6.33. The molecule has 0 saturated carbocycles. The summed E-state index contributed by atoms with van der Waals surface area (Å²) >= 11 is 8.84. The molecule has 4 nitrogen and oxygen atoms in total. The molecule has 0 amide bonds. The molecule has 0 spiro atoms. The molecule has 0 N–H and O–H groups in total. The van der Waals surface area contributed by atoms with Gasteiger partial charge in [0.25, 0.3) is 5.69 Å². The van der Waals surface area contributed by atoms with Gasteiger partial charge in [-0.05, 0) is 13.0 Å². The van der Waals surface area contributed by atoms with Gasteiger partial charge < -0.3 is 4.90 Å². The summed E-state index contributed by atoms with van der Waals surface area (Å²) in [5.41, 5.74) is 0.562. The third kappa shape index (κ3) is 3.32. The molecule has 0 heterocycles. The van der Waals surface area contributed by atoms with Gasteiger partial charge in [-0.3, -0.25) is 10.1 Å². The molecular formula is C11H13BrClFN2O2. The van der Waals surface area contributed by atoms with E-state index in [1.54, 1.807) is 18.0 Å². The Hall–Kier alpha value is -0.880. The summed E-state index contributed by atoms with van der Waals surface area (Å²) < 4.78 is 13.8. The van der Waals surface area contributed by atoms with E-state index in [4.69, 9.17) is 11.6 Å². The molecule has 1 rings (SSSR count). The van der Waals surface area contributed by atoms with E-state index in [1.165, 1.54) is 13.0 Å². The van der Waals surface area contributed by atoms with Crippen molar-refractivity contribution in [3.63, 3.8) is 0 Å². The van der Waals surface area contributed by atoms with Crippen LogP contribution in [0.25, 0.3) is 0 Å². The largest absolute Gasteiger partial charge is 0.368 e. The summed E-state index contributed by atoms with van der Waals surface area (Å²) in [6.07, 6.45) is -1.27. The van der Waals surface area contributed by atoms with Crippen molar-refractivity contribution in [2.75, 3.05) is 24.4 Å². The summed E-state index contributed by atoms with van der Waals surface area (Å²) in [7, 11) is 1.70. The average molecular weight is 340 g/mol. The Balaban J connectivity index is 3.33. The molecular weight excluding hydrogens is 326 g/mol. The lowest BCUT2D eigenvalue weighted by Gasteiger charge is -2.19. The van der Waals surface area contributed by atoms with Gasteiger partial charge in [0.05, 0.1) is 4.92 Å². The van der Waals surface area contributed by atoms with Crippen LogP contribution in [-0.4, -0.2) is 24.4 Å². The van der Waals surface area contributed by atoms with Crippen molar-refractivity contribution >= 4 is 38.9 Å². The van der Waals surface area contributed by atoms with E-state index in [0.717, 1.165) is 0 Å². The fourth-order valence-electron chi connectivity index (χ4n) is 1.57. The van der Waals surface area contributed by atoms with Crippen LogP contribution in [0.2, 0.25) is 0 Å². The molecule has 1 aromatic carbocycles. The number of hydrogen-bond donors (Lipinski definition) is 0. The second-order valence-electron chi connectivity index (χ2n) is 3.85. The van der Waals surface area contributed by atoms with Gasteiger partial charge in [0, 0.05) is 35.6 Å². The van der Waals surface area contributed by atoms with Gasteiger partial charge in [-0.15, -0.1) is 11.6 Å². The summed E-state index contributed by atoms with van der Waals surface area (Å²) in [4.78, 5) is 12.2. The lowest BCUT2D eigenvalue weighted by molar-refractivity contribution is -0.384. The normalized spacial score (nSPS) is 12.3. The van der Waals surface area contributed by atoms with Crippen molar-refractivity contribution in [2.45, 2.75) is 13.1 Å². The maximum absolute atomic E-state index is 13.3. The first-order valence-corrected chi connectivity index (χ1v) is 6.60. The SMILES string of the molecule is CC(F)c1cc([N+](=O)[O-])c(N(C)CCCl)cc1Br. The van der Waals surface area contributed by atoms with E-state index in [0.29, 0.717) is 22.6 Å². The van der Waals surface area contributed by atoms with Crippen LogP contribution >= 0.6 is 27.5 Å². The molecule has 0 radical (unpaired) electrons. The Labute approximate surface area is 118 Å². The summed E-state index contributed by atoms with van der Waals surface area (Å²) in [5, 5.41) is 11.0. The zero-order chi connectivity index (χ0) is 13.9. The molecule has 0 aliphatic carbocycles. The predicted octanol–water partition coefficient (Wildman–Crippen LogP) is 4.06. The molecule has 0 aliphatic heterocycles. The maximum Gasteiger partial charge on any atom is 0.292 e. The molecule has 0 aromatic heterocycles. The van der Waals surface area contributed by atoms with E-state index >= 15 is 0 Å². The van der Waals surface area contributed by atoms with Gasteiger partial charge in [0.2, 0.25) is 0 Å². The summed E-state index contributed by atoms with van der Waals surface area (Å²) in [6, 6.07) is 2.81. The Morgan fingerprint density at radius 3 is 2.67 bits per heavy atom. The van der Waals surface area contributed by atoms with E-state index < -0.39 is 11.1 Å². The van der Waals surface area contributed by atoms with Crippen molar-refractivity contribution in [1.29, 1.82) is 0 Å². The molecule has 18 heavy (non-hydrogen) atoms. The Morgan fingerprint density at radius 1 is 1.61 bits per heavy atom. The van der Waals surface area contributed by atoms with Crippen LogP contribution in [0, 0.1) is 10.1 Å². The Morgan fingerprint density at radius 2 is 2.22 bits per heavy atom. The van der Waals surface area contributed by atoms with Gasteiger partial charge in [-0.1, -0.05) is 15.9 Å². The van der Waals surface area contributed by atoms with Gasteiger partial charge >= 0.3 is 0 Å². The first-order chi connectivity index (χ1) is 8.38. The van der Waals surface area contributed by atoms with Crippen molar-refractivity contribution in [1.82, 2.24) is 0 Å². The van der Waals surface area contributed by atoms with Crippen molar-refractivity contribution < 1.29 is 9.31 Å². The van der Waals surface area contributed by atoms with Crippen molar-refractivity contribution in [3.8, 4) is 0 Å². The van der Waals surface area contributed by atoms with Gasteiger partial charge in [-0.25, -0.2) is 4.39 Å². The quantitative estimate of drug-likeness (QED) is 0.461. The second-order valence-corrected chi connectivity index (χ2v) is 5.08. The number of rotatable bonds is 5. The van der Waals surface area contributed by atoms with Crippen molar-refractivity contribution in [3.05, 3.63) is 32.3 Å². The third-order valence-electron chi connectivity index (χ3n) is 2.55. The number of nitro benzene ring substituents is 1. The topological polar surface area (TPSA) is 46.4 Å². The fourth-order valence-corrected chi connectivity index (χ4v) is 2.47. The monoisotopic (exact) mass is 338 g/mol. The van der Waals surface area contributed by atoms with E-state index in [1.807, 2.05) is 0 Å². The molecule has 0 fully saturated rings. The highest BCUT2D eigenvalue weighted by molar-refractivity contribution is 9.10. The summed E-state index contributed by atoms with van der Waals surface area (Å²) in [5.74, 6) is 0.354. The van der Waals surface area contributed by atoms with Crippen LogP contribution in [0.4, 0.5) is 15.8 Å². The molecule has 0 aliphatic rings. The molecule has 7 heteroatoms. The predicted molar refractivity (Wildman–Crippen MR) is 74.3 cm³/mol. The first kappa shape index (κ1) is 15.2. The first-order valence-electron chi connectivity index (χ1n) is 5.27. The minimum Gasteiger partial charge on any atom is -0.368 e. The van der Waals surface area contributed by atoms with Crippen LogP contribution in [0.1, 0.15) is 18.7 Å². The number of hydrogen-bond acceptors (Lipinski definition) is 3. The highest BCUT2D eigenvalue weighted by atomic mass is 79.9. The molecule has 1 unspecified atom stereocenters. The van der Waals surface area contributed by atoms with Crippen LogP contribution in [0.5, 0.6) is 0 Å². The van der Waals surface area contributed by atoms with Crippen molar-refractivity contribution in [2.24, 2.45) is 0 Å². The number of anilines is 1. The number of nitro groups is 1. The number of benzene rings is 1. The Kier molecular flexibility index (Phi) is 5.34. The highest BCUT2D eigenvalue weighted by Crippen LogP contribution is 2.37. The minimum absolute atomic E-state index is 0.120. The standard InChI is InChI=1S/C11H13BrClFN2O2/c1-7(14)8-5-11(16(17)18)10(6-9(8)12)15(2)4-3-13/h5-7H,3-4H2,1-2H3. The van der Waals surface area contributed by atoms with Gasteiger partial charge in [-0.2, -0.15) is 0 Å². The van der Waals surface area contributed by atoms with Crippen LogP contribution < -0.4 is 4.90 Å². The van der Waals surface area contributed by atoms with Gasteiger partial charge in [0.1, 0.15) is 11.9 Å². The zero-order valence-electron chi connectivity index (χ0n) is 9.99. The molecule has 1 atom stereocenters. The highest BCUT2D eigenvalue weighted by Gasteiger charge is 2.22. The lowest BCUT2D eigenvalue weighted by Crippen LogP contribution is -2.20. The maximum atomic E-state index is 13.3. The van der Waals surface area contributed by atoms with Crippen LogP contribution in [0.3, 0.4) is 0 Å². The molecule has 1 aromatic rings. The third-order valence-corrected chi connectivity index (χ3v) is 3.41. The average Bonchev–Trinajstić information content (AvgIpc) is 2.27. The van der Waals surface area contributed by atoms with Gasteiger partial charge in [0.15, 0.2) is 0 Å². The van der Waals surface area contributed by atoms with E-state index in [2.05, 4.69) is 15.9 Å². The van der Waals surface area contributed by atoms with Crippen LogP contribution in [0.15, 0.2) is 16.6 Å². The fraction of sp³-hybridized carbons (Fsp3) is 0.455. The van der Waals surface area contributed by atoms with Crippen LogP contribution in [-0.2, 0) is 0 Å². The smallest absolute Gasteiger partial charge is 0.292 e. The van der Waals surface area contributed by atoms with E-state index in [9.17, 15) is 14.5 Å². The zero-order valence-corrected chi connectivity index (χ0v) is 12.3. The minimum atomic E-state index is -1.27. The summed E-state index contributed by atoms with van der Waals surface area (Å²) in [6.45, 7) is 1.81. The number of alkyl halides is 2. The Bertz CT molecular complexity index is 457. The molecule has 0 bridgehead atoms. The molecule has 0 saturated heterocycles.